The Morgan fingerprint density at radius 1 is 1.40 bits per heavy atom. The van der Waals surface area contributed by atoms with Gasteiger partial charge in [-0.05, 0) is 32.2 Å². The Bertz CT molecular complexity index is 286. The van der Waals surface area contributed by atoms with Gasteiger partial charge in [-0.25, -0.2) is 0 Å². The molecule has 1 amide bonds. The standard InChI is InChI=1S/C15H30N2O3/c1-12-6-5-7-16-14(12)10-15(18)17(8-9-19-3)13(2)11-20-4/h12-14,16H,5-11H2,1-4H3. The molecule has 0 aliphatic carbocycles. The van der Waals surface area contributed by atoms with Crippen LogP contribution in [-0.2, 0) is 14.3 Å². The fourth-order valence-electron chi connectivity index (χ4n) is 2.80. The lowest BCUT2D eigenvalue weighted by Crippen LogP contribution is -2.48. The Morgan fingerprint density at radius 2 is 2.15 bits per heavy atom. The van der Waals surface area contributed by atoms with Crippen LogP contribution in [0.5, 0.6) is 0 Å². The highest BCUT2D eigenvalue weighted by Crippen LogP contribution is 2.19. The SMILES string of the molecule is COCCN(C(=O)CC1NCCCC1C)C(C)COC. The van der Waals surface area contributed by atoms with Crippen molar-refractivity contribution in [2.45, 2.75) is 45.2 Å². The molecular weight excluding hydrogens is 256 g/mol. The molecule has 3 atom stereocenters. The van der Waals surface area contributed by atoms with E-state index >= 15 is 0 Å². The van der Waals surface area contributed by atoms with Gasteiger partial charge in [0.2, 0.25) is 5.91 Å². The molecule has 1 rings (SSSR count). The lowest BCUT2D eigenvalue weighted by Gasteiger charge is -2.34. The molecule has 0 aromatic carbocycles. The predicted molar refractivity (Wildman–Crippen MR) is 79.7 cm³/mol. The summed E-state index contributed by atoms with van der Waals surface area (Å²) in [5.41, 5.74) is 0. The average molecular weight is 286 g/mol. The number of nitrogens with zero attached hydrogens (tertiary/aromatic N) is 1. The second kappa shape index (κ2) is 9.32. The van der Waals surface area contributed by atoms with E-state index in [2.05, 4.69) is 12.2 Å². The van der Waals surface area contributed by atoms with E-state index in [1.807, 2.05) is 11.8 Å². The zero-order chi connectivity index (χ0) is 15.0. The van der Waals surface area contributed by atoms with Crippen molar-refractivity contribution in [3.05, 3.63) is 0 Å². The summed E-state index contributed by atoms with van der Waals surface area (Å²) < 4.78 is 10.3. The van der Waals surface area contributed by atoms with E-state index in [4.69, 9.17) is 9.47 Å². The Hall–Kier alpha value is -0.650. The van der Waals surface area contributed by atoms with Crippen LogP contribution in [0, 0.1) is 5.92 Å². The van der Waals surface area contributed by atoms with E-state index in [0.717, 1.165) is 6.54 Å². The van der Waals surface area contributed by atoms with Crippen LogP contribution in [0.15, 0.2) is 0 Å². The number of methoxy groups -OCH3 is 2. The molecule has 20 heavy (non-hydrogen) atoms. The summed E-state index contributed by atoms with van der Waals surface area (Å²) in [6, 6.07) is 0.387. The molecule has 5 heteroatoms. The Labute approximate surface area is 123 Å². The predicted octanol–water partition coefficient (Wildman–Crippen LogP) is 1.27. The van der Waals surface area contributed by atoms with E-state index in [-0.39, 0.29) is 11.9 Å². The highest BCUT2D eigenvalue weighted by Gasteiger charge is 2.27. The maximum atomic E-state index is 12.6. The number of ether oxygens (including phenoxy) is 2. The fraction of sp³-hybridized carbons (Fsp3) is 0.933. The second-order valence-corrected chi connectivity index (χ2v) is 5.77. The van der Waals surface area contributed by atoms with Gasteiger partial charge in [0.25, 0.3) is 0 Å². The van der Waals surface area contributed by atoms with Gasteiger partial charge >= 0.3 is 0 Å². The van der Waals surface area contributed by atoms with Crippen molar-refractivity contribution in [2.75, 3.05) is 40.5 Å². The molecule has 1 N–H and O–H groups in total. The zero-order valence-electron chi connectivity index (χ0n) is 13.4. The molecule has 0 saturated carbocycles. The maximum absolute atomic E-state index is 12.6. The van der Waals surface area contributed by atoms with E-state index in [1.165, 1.54) is 12.8 Å². The summed E-state index contributed by atoms with van der Waals surface area (Å²) >= 11 is 0. The third kappa shape index (κ3) is 5.38. The number of hydrogen-bond acceptors (Lipinski definition) is 4. The molecule has 3 unspecified atom stereocenters. The molecule has 1 aliphatic heterocycles. The normalized spacial score (nSPS) is 24.4. The van der Waals surface area contributed by atoms with E-state index < -0.39 is 0 Å². The van der Waals surface area contributed by atoms with Gasteiger partial charge in [0, 0.05) is 33.2 Å². The van der Waals surface area contributed by atoms with Crippen LogP contribution in [-0.4, -0.2) is 63.4 Å². The molecular formula is C15H30N2O3. The van der Waals surface area contributed by atoms with E-state index in [0.29, 0.717) is 38.1 Å². The first kappa shape index (κ1) is 17.4. The van der Waals surface area contributed by atoms with Crippen LogP contribution in [0.3, 0.4) is 0 Å². The van der Waals surface area contributed by atoms with Gasteiger partial charge in [0.1, 0.15) is 0 Å². The molecule has 118 valence electrons. The number of amides is 1. The third-order valence-corrected chi connectivity index (χ3v) is 4.12. The minimum absolute atomic E-state index is 0.0848. The summed E-state index contributed by atoms with van der Waals surface area (Å²) in [4.78, 5) is 14.4. The van der Waals surface area contributed by atoms with Gasteiger partial charge in [0.15, 0.2) is 0 Å². The number of carbonyl (C=O) groups excluding carboxylic acids is 1. The Kier molecular flexibility index (Phi) is 8.11. The number of nitrogens with one attached hydrogen (secondary N) is 1. The summed E-state index contributed by atoms with van der Waals surface area (Å²) in [5, 5.41) is 3.47. The van der Waals surface area contributed by atoms with Gasteiger partial charge < -0.3 is 19.7 Å². The zero-order valence-corrected chi connectivity index (χ0v) is 13.4. The van der Waals surface area contributed by atoms with Gasteiger partial charge in [-0.15, -0.1) is 0 Å². The summed E-state index contributed by atoms with van der Waals surface area (Å²) in [6.07, 6.45) is 2.98. The second-order valence-electron chi connectivity index (χ2n) is 5.77. The highest BCUT2D eigenvalue weighted by atomic mass is 16.5. The van der Waals surface area contributed by atoms with Gasteiger partial charge in [-0.1, -0.05) is 6.92 Å². The molecule has 1 aliphatic rings. The van der Waals surface area contributed by atoms with Crippen molar-refractivity contribution in [3.8, 4) is 0 Å². The lowest BCUT2D eigenvalue weighted by atomic mass is 9.90. The molecule has 0 spiro atoms. The maximum Gasteiger partial charge on any atom is 0.224 e. The van der Waals surface area contributed by atoms with Crippen molar-refractivity contribution in [1.29, 1.82) is 0 Å². The van der Waals surface area contributed by atoms with E-state index in [1.54, 1.807) is 14.2 Å². The van der Waals surface area contributed by atoms with Crippen LogP contribution in [0.1, 0.15) is 33.1 Å². The molecule has 0 radical (unpaired) electrons. The molecule has 0 bridgehead atoms. The van der Waals surface area contributed by atoms with Crippen molar-refractivity contribution in [1.82, 2.24) is 10.2 Å². The van der Waals surface area contributed by atoms with Crippen LogP contribution in [0.25, 0.3) is 0 Å². The van der Waals surface area contributed by atoms with Crippen LogP contribution < -0.4 is 5.32 Å². The highest BCUT2D eigenvalue weighted by molar-refractivity contribution is 5.77. The summed E-state index contributed by atoms with van der Waals surface area (Å²) in [6.45, 7) is 7.02. The smallest absolute Gasteiger partial charge is 0.224 e. The molecule has 1 saturated heterocycles. The van der Waals surface area contributed by atoms with Crippen molar-refractivity contribution in [3.63, 3.8) is 0 Å². The molecule has 0 aromatic heterocycles. The van der Waals surface area contributed by atoms with Crippen molar-refractivity contribution in [2.24, 2.45) is 5.92 Å². The van der Waals surface area contributed by atoms with Gasteiger partial charge in [0.05, 0.1) is 19.3 Å². The van der Waals surface area contributed by atoms with Gasteiger partial charge in [-0.3, -0.25) is 4.79 Å². The van der Waals surface area contributed by atoms with Crippen molar-refractivity contribution >= 4 is 5.91 Å². The monoisotopic (exact) mass is 286 g/mol. The molecule has 5 nitrogen and oxygen atoms in total. The van der Waals surface area contributed by atoms with E-state index in [9.17, 15) is 4.79 Å². The fourth-order valence-corrected chi connectivity index (χ4v) is 2.80. The van der Waals surface area contributed by atoms with Crippen molar-refractivity contribution < 1.29 is 14.3 Å². The minimum atomic E-state index is 0.0848. The Balaban J connectivity index is 2.56. The topological polar surface area (TPSA) is 50.8 Å². The first-order chi connectivity index (χ1) is 9.60. The van der Waals surface area contributed by atoms with Crippen LogP contribution in [0.2, 0.25) is 0 Å². The quantitative estimate of drug-likeness (QED) is 0.730. The minimum Gasteiger partial charge on any atom is -0.383 e. The van der Waals surface area contributed by atoms with Crippen LogP contribution >= 0.6 is 0 Å². The average Bonchev–Trinajstić information content (AvgIpc) is 2.42. The van der Waals surface area contributed by atoms with Gasteiger partial charge in [-0.2, -0.15) is 0 Å². The molecule has 1 heterocycles. The largest absolute Gasteiger partial charge is 0.383 e. The molecule has 0 aromatic rings. The number of hydrogen-bond donors (Lipinski definition) is 1. The third-order valence-electron chi connectivity index (χ3n) is 4.12. The summed E-state index contributed by atoms with van der Waals surface area (Å²) in [5.74, 6) is 0.757. The Morgan fingerprint density at radius 3 is 2.75 bits per heavy atom. The molecule has 1 fully saturated rings. The van der Waals surface area contributed by atoms with Crippen LogP contribution in [0.4, 0.5) is 0 Å². The first-order valence-electron chi connectivity index (χ1n) is 7.60. The number of rotatable bonds is 8. The lowest BCUT2D eigenvalue weighted by molar-refractivity contribution is -0.136. The summed E-state index contributed by atoms with van der Waals surface area (Å²) in [7, 11) is 3.33. The number of piperidine rings is 1. The number of carbonyl (C=O) groups is 1. The first-order valence-corrected chi connectivity index (χ1v) is 7.60.